The number of guanidine groups is 1. The van der Waals surface area contributed by atoms with Gasteiger partial charge < -0.3 is 15.4 Å². The lowest BCUT2D eigenvalue weighted by Gasteiger charge is -2.30. The van der Waals surface area contributed by atoms with Crippen LogP contribution >= 0.6 is 24.0 Å². The highest BCUT2D eigenvalue weighted by molar-refractivity contribution is 14.0. The molecule has 144 valence electrons. The third-order valence-corrected chi connectivity index (χ3v) is 4.12. The maximum absolute atomic E-state index is 5.58. The number of halogens is 1. The SMILES string of the molecule is CN=C(NCCN(C(C)C)C(C)C)NCC(OC)c1ccccc1.I. The minimum absolute atomic E-state index is 0. The van der Waals surface area contributed by atoms with E-state index in [1.165, 1.54) is 0 Å². The summed E-state index contributed by atoms with van der Waals surface area (Å²) in [7, 11) is 3.53. The monoisotopic (exact) mass is 462 g/mol. The van der Waals surface area contributed by atoms with E-state index < -0.39 is 0 Å². The highest BCUT2D eigenvalue weighted by Gasteiger charge is 2.13. The van der Waals surface area contributed by atoms with E-state index in [-0.39, 0.29) is 30.1 Å². The molecule has 0 aromatic heterocycles. The molecule has 0 heterocycles. The maximum atomic E-state index is 5.58. The molecule has 1 atom stereocenters. The Labute approximate surface area is 170 Å². The van der Waals surface area contributed by atoms with Gasteiger partial charge in [-0.3, -0.25) is 9.89 Å². The zero-order valence-corrected chi connectivity index (χ0v) is 18.8. The number of methoxy groups -OCH3 is 1. The second kappa shape index (κ2) is 13.4. The van der Waals surface area contributed by atoms with Crippen molar-refractivity contribution in [3.63, 3.8) is 0 Å². The molecule has 0 spiro atoms. The molecule has 1 rings (SSSR count). The first-order valence-corrected chi connectivity index (χ1v) is 8.77. The second-order valence-corrected chi connectivity index (χ2v) is 6.44. The van der Waals surface area contributed by atoms with Crippen molar-refractivity contribution in [2.45, 2.75) is 45.9 Å². The first-order valence-electron chi connectivity index (χ1n) is 8.77. The Kier molecular flexibility index (Phi) is 12.9. The normalized spacial score (nSPS) is 13.1. The molecule has 1 unspecified atom stereocenters. The average molecular weight is 462 g/mol. The summed E-state index contributed by atoms with van der Waals surface area (Å²) < 4.78 is 5.58. The largest absolute Gasteiger partial charge is 0.375 e. The minimum Gasteiger partial charge on any atom is -0.375 e. The topological polar surface area (TPSA) is 48.9 Å². The van der Waals surface area contributed by atoms with Gasteiger partial charge in [-0.15, -0.1) is 24.0 Å². The average Bonchev–Trinajstić information content (AvgIpc) is 2.57. The number of nitrogens with one attached hydrogen (secondary N) is 2. The highest BCUT2D eigenvalue weighted by atomic mass is 127. The van der Waals surface area contributed by atoms with E-state index >= 15 is 0 Å². The third-order valence-electron chi connectivity index (χ3n) is 4.12. The number of benzene rings is 1. The van der Waals surface area contributed by atoms with Crippen LogP contribution in [0.15, 0.2) is 35.3 Å². The lowest BCUT2D eigenvalue weighted by molar-refractivity contribution is 0.106. The number of ether oxygens (including phenoxy) is 1. The van der Waals surface area contributed by atoms with E-state index in [0.29, 0.717) is 18.6 Å². The van der Waals surface area contributed by atoms with Gasteiger partial charge in [0.2, 0.25) is 0 Å². The van der Waals surface area contributed by atoms with Crippen LogP contribution in [0.5, 0.6) is 0 Å². The van der Waals surface area contributed by atoms with Crippen LogP contribution in [0.25, 0.3) is 0 Å². The van der Waals surface area contributed by atoms with Gasteiger partial charge in [0, 0.05) is 45.9 Å². The molecule has 2 N–H and O–H groups in total. The number of hydrogen-bond donors (Lipinski definition) is 2. The van der Waals surface area contributed by atoms with E-state index in [9.17, 15) is 0 Å². The van der Waals surface area contributed by atoms with Crippen molar-refractivity contribution in [1.29, 1.82) is 0 Å². The first-order chi connectivity index (χ1) is 11.5. The molecule has 1 aromatic rings. The predicted molar refractivity (Wildman–Crippen MR) is 118 cm³/mol. The van der Waals surface area contributed by atoms with Crippen molar-refractivity contribution in [2.75, 3.05) is 33.8 Å². The van der Waals surface area contributed by atoms with Gasteiger partial charge in [0.25, 0.3) is 0 Å². The quantitative estimate of drug-likeness (QED) is 0.336. The number of nitrogens with zero attached hydrogens (tertiary/aromatic N) is 2. The van der Waals surface area contributed by atoms with Gasteiger partial charge >= 0.3 is 0 Å². The van der Waals surface area contributed by atoms with Crippen LogP contribution in [0, 0.1) is 0 Å². The summed E-state index contributed by atoms with van der Waals surface area (Å²) >= 11 is 0. The lowest BCUT2D eigenvalue weighted by atomic mass is 10.1. The van der Waals surface area contributed by atoms with Crippen molar-refractivity contribution in [3.8, 4) is 0 Å². The summed E-state index contributed by atoms with van der Waals surface area (Å²) in [6.07, 6.45) is 0.00702. The summed E-state index contributed by atoms with van der Waals surface area (Å²) in [6, 6.07) is 11.3. The van der Waals surface area contributed by atoms with Crippen LogP contribution in [0.4, 0.5) is 0 Å². The van der Waals surface area contributed by atoms with Crippen molar-refractivity contribution in [1.82, 2.24) is 15.5 Å². The maximum Gasteiger partial charge on any atom is 0.191 e. The van der Waals surface area contributed by atoms with E-state index in [2.05, 4.69) is 60.4 Å². The van der Waals surface area contributed by atoms with Crippen LogP contribution < -0.4 is 10.6 Å². The Morgan fingerprint density at radius 1 is 1.08 bits per heavy atom. The van der Waals surface area contributed by atoms with E-state index in [0.717, 1.165) is 24.6 Å². The Morgan fingerprint density at radius 3 is 2.16 bits per heavy atom. The number of hydrogen-bond acceptors (Lipinski definition) is 3. The Bertz CT molecular complexity index is 472. The summed E-state index contributed by atoms with van der Waals surface area (Å²) in [5.74, 6) is 0.806. The summed E-state index contributed by atoms with van der Waals surface area (Å²) in [5, 5.41) is 6.73. The van der Waals surface area contributed by atoms with Crippen LogP contribution in [0.1, 0.15) is 39.4 Å². The molecule has 0 saturated carbocycles. The van der Waals surface area contributed by atoms with E-state index in [1.54, 1.807) is 14.2 Å². The molecule has 6 heteroatoms. The van der Waals surface area contributed by atoms with Crippen LogP contribution in [0.3, 0.4) is 0 Å². The molecule has 1 aromatic carbocycles. The molecule has 0 aliphatic heterocycles. The van der Waals surface area contributed by atoms with E-state index in [1.807, 2.05) is 18.2 Å². The zero-order valence-electron chi connectivity index (χ0n) is 16.5. The molecular formula is C19H35IN4O. The Hall–Kier alpha value is -0.860. The van der Waals surface area contributed by atoms with Gasteiger partial charge in [-0.1, -0.05) is 30.3 Å². The lowest BCUT2D eigenvalue weighted by Crippen LogP contribution is -2.46. The zero-order chi connectivity index (χ0) is 17.9. The predicted octanol–water partition coefficient (Wildman–Crippen LogP) is 3.28. The molecule has 0 aliphatic rings. The second-order valence-electron chi connectivity index (χ2n) is 6.44. The van der Waals surface area contributed by atoms with Crippen molar-refractivity contribution in [3.05, 3.63) is 35.9 Å². The molecule has 0 amide bonds. The fraction of sp³-hybridized carbons (Fsp3) is 0.632. The summed E-state index contributed by atoms with van der Waals surface area (Å²) in [6.45, 7) is 11.5. The van der Waals surface area contributed by atoms with Gasteiger partial charge in [0.05, 0.1) is 6.10 Å². The molecule has 25 heavy (non-hydrogen) atoms. The molecular weight excluding hydrogens is 427 g/mol. The van der Waals surface area contributed by atoms with Crippen molar-refractivity contribution < 1.29 is 4.74 Å². The fourth-order valence-corrected chi connectivity index (χ4v) is 2.83. The van der Waals surface area contributed by atoms with E-state index in [4.69, 9.17) is 4.74 Å². The third kappa shape index (κ3) is 8.87. The highest BCUT2D eigenvalue weighted by Crippen LogP contribution is 2.14. The first kappa shape index (κ1) is 24.1. The Morgan fingerprint density at radius 2 is 1.68 bits per heavy atom. The molecule has 0 saturated heterocycles. The minimum atomic E-state index is 0. The smallest absolute Gasteiger partial charge is 0.191 e. The molecule has 0 bridgehead atoms. The standard InChI is InChI=1S/C19H34N4O.HI/c1-15(2)23(16(3)4)13-12-21-19(20-5)22-14-18(24-6)17-10-8-7-9-11-17;/h7-11,15-16,18H,12-14H2,1-6H3,(H2,20,21,22);1H. The molecule has 0 aliphatic carbocycles. The van der Waals surface area contributed by atoms with Gasteiger partial charge in [-0.2, -0.15) is 0 Å². The van der Waals surface area contributed by atoms with Crippen molar-refractivity contribution >= 4 is 29.9 Å². The number of aliphatic imine (C=N–C) groups is 1. The van der Waals surface area contributed by atoms with Crippen LogP contribution in [0.2, 0.25) is 0 Å². The Balaban J connectivity index is 0.00000576. The van der Waals surface area contributed by atoms with Gasteiger partial charge in [0.1, 0.15) is 0 Å². The molecule has 5 nitrogen and oxygen atoms in total. The molecule has 0 radical (unpaired) electrons. The van der Waals surface area contributed by atoms with Gasteiger partial charge in [0.15, 0.2) is 5.96 Å². The van der Waals surface area contributed by atoms with Crippen LogP contribution in [-0.4, -0.2) is 56.7 Å². The van der Waals surface area contributed by atoms with Crippen molar-refractivity contribution in [2.24, 2.45) is 4.99 Å². The summed E-state index contributed by atoms with van der Waals surface area (Å²) in [4.78, 5) is 6.76. The number of rotatable bonds is 9. The van der Waals surface area contributed by atoms with Gasteiger partial charge in [-0.05, 0) is 33.3 Å². The fourth-order valence-electron chi connectivity index (χ4n) is 2.83. The van der Waals surface area contributed by atoms with Crippen LogP contribution in [-0.2, 0) is 4.74 Å². The summed E-state index contributed by atoms with van der Waals surface area (Å²) in [5.41, 5.74) is 1.16. The van der Waals surface area contributed by atoms with Gasteiger partial charge in [-0.25, -0.2) is 0 Å². The molecule has 0 fully saturated rings.